The second-order valence-electron chi connectivity index (χ2n) is 15.0. The molecule has 6 aromatic rings. The monoisotopic (exact) mass is 789 g/mol. The van der Waals surface area contributed by atoms with Gasteiger partial charge in [-0.3, -0.25) is 19.4 Å². The van der Waals surface area contributed by atoms with E-state index in [-0.39, 0.29) is 36.0 Å². The number of aryl methyl sites for hydroxylation is 1. The molecule has 1 fully saturated rings. The zero-order valence-corrected chi connectivity index (χ0v) is 32.9. The summed E-state index contributed by atoms with van der Waals surface area (Å²) in [5.41, 5.74) is 8.54. The van der Waals surface area contributed by atoms with Crippen LogP contribution in [0.4, 0.5) is 11.4 Å². The van der Waals surface area contributed by atoms with E-state index in [4.69, 9.17) is 16.3 Å². The van der Waals surface area contributed by atoms with Crippen molar-refractivity contribution in [2.24, 2.45) is 7.05 Å². The van der Waals surface area contributed by atoms with Crippen LogP contribution in [0.5, 0.6) is 5.75 Å². The van der Waals surface area contributed by atoms with Gasteiger partial charge in [-0.25, -0.2) is 0 Å². The summed E-state index contributed by atoms with van der Waals surface area (Å²) in [5.74, 6) is -0.0905. The maximum atomic E-state index is 15.1. The van der Waals surface area contributed by atoms with Gasteiger partial charge in [0, 0.05) is 102 Å². The number of morpholine rings is 1. The summed E-state index contributed by atoms with van der Waals surface area (Å²) in [6.45, 7) is 5.11. The molecule has 9 nitrogen and oxygen atoms in total. The second-order valence-corrected chi connectivity index (χ2v) is 15.4. The third-order valence-corrected chi connectivity index (χ3v) is 11.8. The Morgan fingerprint density at radius 3 is 2.43 bits per heavy atom. The lowest BCUT2D eigenvalue weighted by Crippen LogP contribution is -2.52. The van der Waals surface area contributed by atoms with E-state index >= 15 is 9.59 Å². The summed E-state index contributed by atoms with van der Waals surface area (Å²) in [5, 5.41) is 11.7. The number of carbonyl (C=O) groups excluding carboxylic acids is 2. The number of amides is 2. The summed E-state index contributed by atoms with van der Waals surface area (Å²) in [4.78, 5) is 36.3. The third-order valence-electron chi connectivity index (χ3n) is 11.6. The van der Waals surface area contributed by atoms with Crippen LogP contribution in [-0.4, -0.2) is 74.7 Å². The van der Waals surface area contributed by atoms with Crippen LogP contribution in [0.3, 0.4) is 0 Å². The Balaban J connectivity index is 0.00000441. The van der Waals surface area contributed by atoms with Gasteiger partial charge in [0.1, 0.15) is 5.75 Å². The molecular weight excluding hydrogens is 745 g/mol. The number of ether oxygens (including phenoxy) is 1. The number of hydrogen-bond donors (Lipinski definition) is 1. The third kappa shape index (κ3) is 7.09. The molecule has 2 aromatic heterocycles. The molecule has 288 valence electrons. The topological polar surface area (TPSA) is 83.2 Å². The summed E-state index contributed by atoms with van der Waals surface area (Å²) in [6, 6.07) is 30.7. The average molecular weight is 791 g/mol. The van der Waals surface area contributed by atoms with E-state index in [0.717, 1.165) is 85.4 Å². The molecule has 0 bridgehead atoms. The van der Waals surface area contributed by atoms with Gasteiger partial charge < -0.3 is 23.9 Å². The number of carbonyl (C=O) groups is 2. The first-order chi connectivity index (χ1) is 26.8. The van der Waals surface area contributed by atoms with Crippen molar-refractivity contribution >= 4 is 58.1 Å². The summed E-state index contributed by atoms with van der Waals surface area (Å²) in [7, 11) is 2.00. The van der Waals surface area contributed by atoms with Crippen molar-refractivity contribution in [3.63, 3.8) is 0 Å². The molecule has 5 heterocycles. The normalized spacial score (nSPS) is 16.9. The largest absolute Gasteiger partial charge is 0.508 e. The van der Waals surface area contributed by atoms with Gasteiger partial charge in [0.2, 0.25) is 0 Å². The van der Waals surface area contributed by atoms with Gasteiger partial charge in [0.25, 0.3) is 11.8 Å². The standard InChI is InChI=1S/C45H44ClN5O4.ClH/c1-47-19-17-31-25-35(12-16-41(31)47)51(34-10-13-37(52)14-11-34)45(54)40-27-43(49-18-5-4-8-42(40)49)39-26-33(46)9-15-38(39)44(53)50-28-32-7-3-2-6-30(32)24-36(50)29-48-20-22-55-23-21-48;/h2-3,6-7,9-17,19,25-27,36,52H,4-5,8,18,20-24,28-29H2,1H3;1H/t36-;/m0./s1. The van der Waals surface area contributed by atoms with Crippen molar-refractivity contribution in [3.05, 3.63) is 136 Å². The molecule has 56 heavy (non-hydrogen) atoms. The molecule has 1 atom stereocenters. The molecule has 0 spiro atoms. The minimum Gasteiger partial charge on any atom is -0.508 e. The number of halogens is 2. The van der Waals surface area contributed by atoms with Crippen LogP contribution in [0, 0.1) is 0 Å². The number of rotatable bonds is 7. The molecule has 0 radical (unpaired) electrons. The number of aromatic nitrogens is 2. The molecule has 3 aliphatic heterocycles. The van der Waals surface area contributed by atoms with Crippen LogP contribution in [-0.2, 0) is 37.7 Å². The van der Waals surface area contributed by atoms with Crippen molar-refractivity contribution in [2.45, 2.75) is 44.8 Å². The van der Waals surface area contributed by atoms with Crippen molar-refractivity contribution in [3.8, 4) is 17.0 Å². The highest BCUT2D eigenvalue weighted by Gasteiger charge is 2.35. The van der Waals surface area contributed by atoms with Crippen molar-refractivity contribution in [1.82, 2.24) is 18.9 Å². The molecule has 0 saturated carbocycles. The molecule has 11 heteroatoms. The molecule has 1 N–H and O–H groups in total. The second kappa shape index (κ2) is 15.8. The molecule has 1 saturated heterocycles. The van der Waals surface area contributed by atoms with E-state index < -0.39 is 0 Å². The Morgan fingerprint density at radius 2 is 1.62 bits per heavy atom. The maximum Gasteiger partial charge on any atom is 0.264 e. The fourth-order valence-corrected chi connectivity index (χ4v) is 8.91. The zero-order valence-electron chi connectivity index (χ0n) is 31.4. The Morgan fingerprint density at radius 1 is 0.857 bits per heavy atom. The number of fused-ring (bicyclic) bond motifs is 3. The van der Waals surface area contributed by atoms with Crippen molar-refractivity contribution < 1.29 is 19.4 Å². The molecular formula is C45H45Cl2N5O4. The van der Waals surface area contributed by atoms with E-state index in [2.05, 4.69) is 32.2 Å². The number of phenols is 1. The lowest BCUT2D eigenvalue weighted by molar-refractivity contribution is 0.0193. The van der Waals surface area contributed by atoms with Crippen molar-refractivity contribution in [1.29, 1.82) is 0 Å². The Bertz CT molecular complexity index is 2420. The van der Waals surface area contributed by atoms with Gasteiger partial charge in [0.05, 0.1) is 18.8 Å². The lowest BCUT2D eigenvalue weighted by atomic mass is 9.92. The molecule has 0 unspecified atom stereocenters. The van der Waals surface area contributed by atoms with Gasteiger partial charge in [-0.2, -0.15) is 0 Å². The van der Waals surface area contributed by atoms with Gasteiger partial charge in [0.15, 0.2) is 0 Å². The minimum atomic E-state index is -0.175. The Labute approximate surface area is 338 Å². The summed E-state index contributed by atoms with van der Waals surface area (Å²) in [6.07, 6.45) is 5.44. The van der Waals surface area contributed by atoms with E-state index in [1.54, 1.807) is 35.2 Å². The van der Waals surface area contributed by atoms with E-state index in [1.165, 1.54) is 11.1 Å². The Kier molecular flexibility index (Phi) is 10.7. The average Bonchev–Trinajstić information content (AvgIpc) is 3.79. The summed E-state index contributed by atoms with van der Waals surface area (Å²) < 4.78 is 9.92. The number of aromatic hydroxyl groups is 1. The predicted octanol–water partition coefficient (Wildman–Crippen LogP) is 8.64. The van der Waals surface area contributed by atoms with E-state index in [0.29, 0.717) is 41.6 Å². The first-order valence-electron chi connectivity index (χ1n) is 19.2. The maximum absolute atomic E-state index is 15.1. The predicted molar refractivity (Wildman–Crippen MR) is 224 cm³/mol. The fourth-order valence-electron chi connectivity index (χ4n) is 8.74. The Hall–Kier alpha value is -5.06. The molecule has 9 rings (SSSR count). The summed E-state index contributed by atoms with van der Waals surface area (Å²) >= 11 is 6.76. The molecule has 4 aromatic carbocycles. The van der Waals surface area contributed by atoms with E-state index in [1.807, 2.05) is 66.7 Å². The van der Waals surface area contributed by atoms with Gasteiger partial charge in [-0.15, -0.1) is 12.4 Å². The highest BCUT2D eigenvalue weighted by Crippen LogP contribution is 2.39. The van der Waals surface area contributed by atoms with Gasteiger partial charge >= 0.3 is 0 Å². The lowest BCUT2D eigenvalue weighted by Gasteiger charge is -2.40. The molecule has 0 aliphatic carbocycles. The number of phenolic OH excluding ortho intramolecular Hbond substituents is 1. The SMILES string of the molecule is Cl.Cn1ccc2cc(N(C(=O)c3cc(-c4cc(Cl)ccc4C(=O)N4Cc5ccccc5C[C@H]4CN4CCOCC4)n4c3CCCC4)c3ccc(O)cc3)ccc21. The first-order valence-corrected chi connectivity index (χ1v) is 19.6. The molecule has 2 amide bonds. The zero-order chi connectivity index (χ0) is 37.6. The van der Waals surface area contributed by atoms with Gasteiger partial charge in [-0.05, 0) is 110 Å². The van der Waals surface area contributed by atoms with Crippen LogP contribution in [0.1, 0.15) is 50.4 Å². The smallest absolute Gasteiger partial charge is 0.264 e. The van der Waals surface area contributed by atoms with Crippen LogP contribution in [0.25, 0.3) is 22.2 Å². The quantitative estimate of drug-likeness (QED) is 0.175. The van der Waals surface area contributed by atoms with E-state index in [9.17, 15) is 5.11 Å². The van der Waals surface area contributed by atoms with Crippen molar-refractivity contribution in [2.75, 3.05) is 37.7 Å². The number of benzene rings is 4. The van der Waals surface area contributed by atoms with Crippen LogP contribution in [0.15, 0.2) is 103 Å². The van der Waals surface area contributed by atoms with Crippen LogP contribution in [0.2, 0.25) is 5.02 Å². The van der Waals surface area contributed by atoms with Crippen LogP contribution >= 0.6 is 24.0 Å². The molecule has 3 aliphatic rings. The highest BCUT2D eigenvalue weighted by atomic mass is 35.5. The minimum absolute atomic E-state index is 0. The van der Waals surface area contributed by atoms with Crippen LogP contribution < -0.4 is 4.90 Å². The highest BCUT2D eigenvalue weighted by molar-refractivity contribution is 6.31. The number of nitrogens with zero attached hydrogens (tertiary/aromatic N) is 5. The first kappa shape index (κ1) is 37.8. The number of hydrogen-bond acceptors (Lipinski definition) is 5. The van der Waals surface area contributed by atoms with Gasteiger partial charge in [-0.1, -0.05) is 35.9 Å². The number of anilines is 2. The fraction of sp³-hybridized carbons (Fsp3) is 0.289.